The molecule has 0 unspecified atom stereocenters. The molecule has 1 amide bonds. The Morgan fingerprint density at radius 1 is 1.11 bits per heavy atom. The molecule has 1 aromatic heterocycles. The number of anilines is 1. The summed E-state index contributed by atoms with van der Waals surface area (Å²) in [5.41, 5.74) is 1.25. The smallest absolute Gasteiger partial charge is 0.262 e. The van der Waals surface area contributed by atoms with Gasteiger partial charge in [0.1, 0.15) is 5.84 Å². The lowest BCUT2D eigenvalue weighted by Gasteiger charge is -2.11. The number of amidine groups is 1. The number of nitrogens with zero attached hydrogens (tertiary/aromatic N) is 4. The molecule has 184 valence electrons. The van der Waals surface area contributed by atoms with Gasteiger partial charge >= 0.3 is 0 Å². The maximum Gasteiger partial charge on any atom is 0.262 e. The first-order chi connectivity index (χ1) is 16.8. The second kappa shape index (κ2) is 11.2. The normalized spacial score (nSPS) is 14.2. The van der Waals surface area contributed by atoms with Crippen LogP contribution in [0.3, 0.4) is 0 Å². The zero-order valence-electron chi connectivity index (χ0n) is 19.1. The molecule has 0 bridgehead atoms. The predicted octanol–water partition coefficient (Wildman–Crippen LogP) is 4.12. The largest absolute Gasteiger partial charge is 0.325 e. The lowest BCUT2D eigenvalue weighted by Crippen LogP contribution is -2.30. The van der Waals surface area contributed by atoms with E-state index < -0.39 is 10.0 Å². The molecule has 1 aliphatic rings. The van der Waals surface area contributed by atoms with Crippen LogP contribution in [0.25, 0.3) is 11.4 Å². The molecule has 0 fully saturated rings. The Kier molecular flexibility index (Phi) is 8.09. The van der Waals surface area contributed by atoms with Crippen LogP contribution in [0.5, 0.6) is 0 Å². The fourth-order valence-electron chi connectivity index (χ4n) is 3.53. The number of thioether (sulfide) groups is 1. The summed E-state index contributed by atoms with van der Waals surface area (Å²) in [5.74, 6) is 0.934. The van der Waals surface area contributed by atoms with Crippen LogP contribution in [0.15, 0.2) is 63.6 Å². The number of aromatic nitrogens is 3. The summed E-state index contributed by atoms with van der Waals surface area (Å²) in [6.45, 7) is 0.623. The van der Waals surface area contributed by atoms with Gasteiger partial charge in [0.25, 0.3) is 10.0 Å². The number of amides is 1. The molecule has 1 aliphatic heterocycles. The number of aliphatic imine (C=N–C) groups is 1. The average Bonchev–Trinajstić information content (AvgIpc) is 3.02. The zero-order chi connectivity index (χ0) is 24.8. The second-order valence-corrected chi connectivity index (χ2v) is 11.0. The van der Waals surface area contributed by atoms with E-state index in [0.717, 1.165) is 24.8 Å². The molecule has 2 heterocycles. The number of sulfonamides is 1. The summed E-state index contributed by atoms with van der Waals surface area (Å²) in [6.07, 6.45) is 3.50. The second-order valence-electron chi connectivity index (χ2n) is 7.98. The van der Waals surface area contributed by atoms with Gasteiger partial charge in [-0.3, -0.25) is 14.5 Å². The van der Waals surface area contributed by atoms with Crippen LogP contribution in [-0.4, -0.2) is 47.2 Å². The first-order valence-corrected chi connectivity index (χ1v) is 13.9. The average molecular weight is 533 g/mol. The molecular weight excluding hydrogens is 508 g/mol. The van der Waals surface area contributed by atoms with Gasteiger partial charge in [-0.05, 0) is 55.3 Å². The van der Waals surface area contributed by atoms with Crippen molar-refractivity contribution in [2.75, 3.05) is 17.6 Å². The van der Waals surface area contributed by atoms with Gasteiger partial charge < -0.3 is 9.88 Å². The van der Waals surface area contributed by atoms with Gasteiger partial charge in [-0.25, -0.2) is 8.42 Å². The van der Waals surface area contributed by atoms with E-state index in [2.05, 4.69) is 25.2 Å². The maximum atomic E-state index is 12.8. The minimum Gasteiger partial charge on any atom is -0.325 e. The van der Waals surface area contributed by atoms with Crippen molar-refractivity contribution in [3.05, 3.63) is 53.6 Å². The molecular formula is C23H25ClN6O3S2. The first kappa shape index (κ1) is 25.2. The molecule has 2 N–H and O–H groups in total. The lowest BCUT2D eigenvalue weighted by molar-refractivity contribution is -0.113. The van der Waals surface area contributed by atoms with Gasteiger partial charge in [0.15, 0.2) is 11.0 Å². The Morgan fingerprint density at radius 2 is 1.91 bits per heavy atom. The fourth-order valence-corrected chi connectivity index (χ4v) is 5.50. The SMILES string of the molecule is Cn1c(SCC(=O)Nc2cccc(S(=O)(=O)NC3=NCCCCC3)c2)nnc1-c1ccc(Cl)cc1. The molecule has 35 heavy (non-hydrogen) atoms. The van der Waals surface area contributed by atoms with E-state index in [4.69, 9.17) is 11.6 Å². The first-order valence-electron chi connectivity index (χ1n) is 11.1. The van der Waals surface area contributed by atoms with Crippen LogP contribution in [0.4, 0.5) is 5.69 Å². The van der Waals surface area contributed by atoms with Crippen LogP contribution in [-0.2, 0) is 21.9 Å². The number of rotatable bonds is 7. The van der Waals surface area contributed by atoms with E-state index in [9.17, 15) is 13.2 Å². The standard InChI is InChI=1S/C23H25ClN6O3S2/c1-30-22(16-9-11-17(24)12-10-16)27-28-23(30)34-15-21(31)26-18-6-5-7-19(14-18)35(32,33)29-20-8-3-2-4-13-25-20/h5-7,9-12,14H,2-4,8,13,15H2,1H3,(H,25,29)(H,26,31). The van der Waals surface area contributed by atoms with Crippen LogP contribution in [0.2, 0.25) is 5.02 Å². The summed E-state index contributed by atoms with van der Waals surface area (Å²) < 4.78 is 30.0. The van der Waals surface area contributed by atoms with E-state index in [0.29, 0.717) is 40.5 Å². The molecule has 0 aliphatic carbocycles. The summed E-state index contributed by atoms with van der Waals surface area (Å²) >= 11 is 7.18. The van der Waals surface area contributed by atoms with Crippen molar-refractivity contribution in [1.29, 1.82) is 0 Å². The van der Waals surface area contributed by atoms with Crippen LogP contribution in [0, 0.1) is 0 Å². The number of carbonyl (C=O) groups is 1. The maximum absolute atomic E-state index is 12.8. The van der Waals surface area contributed by atoms with E-state index >= 15 is 0 Å². The Morgan fingerprint density at radius 3 is 2.71 bits per heavy atom. The molecule has 0 saturated heterocycles. The summed E-state index contributed by atoms with van der Waals surface area (Å²) in [7, 11) is -1.97. The molecule has 3 aromatic rings. The molecule has 0 spiro atoms. The van der Waals surface area contributed by atoms with Crippen molar-refractivity contribution < 1.29 is 13.2 Å². The van der Waals surface area contributed by atoms with Crippen molar-refractivity contribution in [2.45, 2.75) is 35.7 Å². The predicted molar refractivity (Wildman–Crippen MR) is 138 cm³/mol. The Bertz CT molecular complexity index is 1340. The van der Waals surface area contributed by atoms with Gasteiger partial charge in [0, 0.05) is 36.3 Å². The highest BCUT2D eigenvalue weighted by atomic mass is 35.5. The molecule has 0 radical (unpaired) electrons. The van der Waals surface area contributed by atoms with Gasteiger partial charge in [0.05, 0.1) is 10.6 Å². The Labute approximate surface area is 213 Å². The van der Waals surface area contributed by atoms with Crippen molar-refractivity contribution in [3.63, 3.8) is 0 Å². The van der Waals surface area contributed by atoms with Gasteiger partial charge in [-0.1, -0.05) is 35.9 Å². The third-order valence-corrected chi connectivity index (χ3v) is 7.98. The summed E-state index contributed by atoms with van der Waals surface area (Å²) in [6, 6.07) is 13.4. The number of hydrogen-bond acceptors (Lipinski definition) is 7. The van der Waals surface area contributed by atoms with E-state index in [1.807, 2.05) is 19.2 Å². The van der Waals surface area contributed by atoms with E-state index in [-0.39, 0.29) is 16.6 Å². The number of benzene rings is 2. The number of hydrogen-bond donors (Lipinski definition) is 2. The number of halogens is 1. The van der Waals surface area contributed by atoms with Crippen molar-refractivity contribution in [1.82, 2.24) is 19.5 Å². The van der Waals surface area contributed by atoms with E-state index in [1.165, 1.54) is 23.9 Å². The third kappa shape index (κ3) is 6.62. The lowest BCUT2D eigenvalue weighted by atomic mass is 10.2. The Balaban J connectivity index is 1.37. The van der Waals surface area contributed by atoms with Crippen LogP contribution in [0.1, 0.15) is 25.7 Å². The highest BCUT2D eigenvalue weighted by molar-refractivity contribution is 7.99. The fraction of sp³-hybridized carbons (Fsp3) is 0.304. The zero-order valence-corrected chi connectivity index (χ0v) is 21.5. The molecule has 9 nitrogen and oxygen atoms in total. The number of carbonyl (C=O) groups excluding carboxylic acids is 1. The Hall–Kier alpha value is -2.89. The summed E-state index contributed by atoms with van der Waals surface area (Å²) in [5, 5.41) is 12.3. The highest BCUT2D eigenvalue weighted by Gasteiger charge is 2.18. The van der Waals surface area contributed by atoms with Crippen molar-refractivity contribution >= 4 is 50.8 Å². The monoisotopic (exact) mass is 532 g/mol. The van der Waals surface area contributed by atoms with Gasteiger partial charge in [0.2, 0.25) is 5.91 Å². The molecule has 0 atom stereocenters. The molecule has 2 aromatic carbocycles. The quantitative estimate of drug-likeness (QED) is 0.442. The van der Waals surface area contributed by atoms with E-state index in [1.54, 1.807) is 28.8 Å². The van der Waals surface area contributed by atoms with Crippen LogP contribution < -0.4 is 10.0 Å². The van der Waals surface area contributed by atoms with Crippen LogP contribution >= 0.6 is 23.4 Å². The molecule has 4 rings (SSSR count). The third-order valence-electron chi connectivity index (χ3n) is 5.32. The molecule has 0 saturated carbocycles. The molecule has 12 heteroatoms. The number of nitrogens with one attached hydrogen (secondary N) is 2. The minimum atomic E-state index is -3.79. The van der Waals surface area contributed by atoms with Crippen molar-refractivity contribution in [2.24, 2.45) is 12.0 Å². The van der Waals surface area contributed by atoms with Gasteiger partial charge in [-0.15, -0.1) is 10.2 Å². The minimum absolute atomic E-state index is 0.0656. The highest BCUT2D eigenvalue weighted by Crippen LogP contribution is 2.24. The van der Waals surface area contributed by atoms with Crippen molar-refractivity contribution in [3.8, 4) is 11.4 Å². The summed E-state index contributed by atoms with van der Waals surface area (Å²) in [4.78, 5) is 16.9. The topological polar surface area (TPSA) is 118 Å². The van der Waals surface area contributed by atoms with Gasteiger partial charge in [-0.2, -0.15) is 0 Å².